The van der Waals surface area contributed by atoms with Crippen LogP contribution in [0.25, 0.3) is 0 Å². The smallest absolute Gasteiger partial charge is 0.416 e. The van der Waals surface area contributed by atoms with Gasteiger partial charge in [-0.25, -0.2) is 4.79 Å². The molecule has 0 saturated carbocycles. The SMILES string of the molecule is CCCCC(CC)C(=O)OCCOCCOC(=O)c1ccccc1Nc1cccc(C(F)(F)F)c1. The van der Waals surface area contributed by atoms with Gasteiger partial charge in [0.1, 0.15) is 13.2 Å². The van der Waals surface area contributed by atoms with E-state index in [4.69, 9.17) is 14.2 Å². The van der Waals surface area contributed by atoms with Crippen molar-refractivity contribution in [2.24, 2.45) is 5.92 Å². The molecule has 0 aromatic heterocycles. The van der Waals surface area contributed by atoms with Gasteiger partial charge >= 0.3 is 18.1 Å². The molecule has 0 spiro atoms. The lowest BCUT2D eigenvalue weighted by atomic mass is 10.00. The number of hydrogen-bond donors (Lipinski definition) is 1. The fraction of sp³-hybridized carbons (Fsp3) is 0.462. The number of carbonyl (C=O) groups is 2. The van der Waals surface area contributed by atoms with E-state index in [0.717, 1.165) is 37.8 Å². The van der Waals surface area contributed by atoms with E-state index in [1.165, 1.54) is 18.2 Å². The topological polar surface area (TPSA) is 73.9 Å². The van der Waals surface area contributed by atoms with E-state index in [1.807, 2.05) is 6.92 Å². The summed E-state index contributed by atoms with van der Waals surface area (Å²) in [4.78, 5) is 24.5. The zero-order chi connectivity index (χ0) is 25.7. The van der Waals surface area contributed by atoms with Gasteiger partial charge in [-0.15, -0.1) is 0 Å². The number of para-hydroxylation sites is 1. The number of esters is 2. The van der Waals surface area contributed by atoms with Crippen molar-refractivity contribution in [1.82, 2.24) is 0 Å². The molecule has 2 rings (SSSR count). The van der Waals surface area contributed by atoms with Crippen LogP contribution < -0.4 is 5.32 Å². The highest BCUT2D eigenvalue weighted by Gasteiger charge is 2.30. The summed E-state index contributed by atoms with van der Waals surface area (Å²) in [6, 6.07) is 11.1. The Morgan fingerprint density at radius 3 is 2.34 bits per heavy atom. The number of rotatable bonds is 14. The van der Waals surface area contributed by atoms with Crippen molar-refractivity contribution in [1.29, 1.82) is 0 Å². The summed E-state index contributed by atoms with van der Waals surface area (Å²) in [6.07, 6.45) is -0.917. The lowest BCUT2D eigenvalue weighted by Gasteiger charge is -2.14. The van der Waals surface area contributed by atoms with Gasteiger partial charge in [0.2, 0.25) is 0 Å². The quantitative estimate of drug-likeness (QED) is 0.242. The average Bonchev–Trinajstić information content (AvgIpc) is 2.83. The van der Waals surface area contributed by atoms with Gasteiger partial charge in [0, 0.05) is 5.69 Å². The van der Waals surface area contributed by atoms with Crippen LogP contribution in [0.2, 0.25) is 0 Å². The van der Waals surface area contributed by atoms with Gasteiger partial charge in [0.15, 0.2) is 0 Å². The molecular formula is C26H32F3NO5. The summed E-state index contributed by atoms with van der Waals surface area (Å²) < 4.78 is 54.7. The van der Waals surface area contributed by atoms with Gasteiger partial charge in [0.05, 0.1) is 35.9 Å². The molecule has 0 bridgehead atoms. The molecule has 2 aromatic rings. The molecule has 0 amide bonds. The average molecular weight is 496 g/mol. The molecule has 1 atom stereocenters. The molecule has 35 heavy (non-hydrogen) atoms. The van der Waals surface area contributed by atoms with Gasteiger partial charge in [-0.05, 0) is 43.2 Å². The Balaban J connectivity index is 1.78. The van der Waals surface area contributed by atoms with E-state index in [2.05, 4.69) is 12.2 Å². The van der Waals surface area contributed by atoms with E-state index >= 15 is 0 Å². The largest absolute Gasteiger partial charge is 0.463 e. The molecule has 1 unspecified atom stereocenters. The van der Waals surface area contributed by atoms with Crippen LogP contribution in [-0.2, 0) is 25.2 Å². The molecule has 0 radical (unpaired) electrons. The number of benzene rings is 2. The molecule has 0 saturated heterocycles. The van der Waals surface area contributed by atoms with Crippen molar-refractivity contribution < 1.29 is 37.0 Å². The van der Waals surface area contributed by atoms with Crippen molar-refractivity contribution in [2.45, 2.75) is 45.7 Å². The first-order valence-corrected chi connectivity index (χ1v) is 11.7. The number of unbranched alkanes of at least 4 members (excludes halogenated alkanes) is 1. The Morgan fingerprint density at radius 1 is 0.943 bits per heavy atom. The Bertz CT molecular complexity index is 949. The van der Waals surface area contributed by atoms with Gasteiger partial charge in [0.25, 0.3) is 0 Å². The Labute approximate surface area is 203 Å². The van der Waals surface area contributed by atoms with Gasteiger partial charge in [-0.2, -0.15) is 13.2 Å². The van der Waals surface area contributed by atoms with Crippen LogP contribution in [0.15, 0.2) is 48.5 Å². The third kappa shape index (κ3) is 9.60. The molecule has 0 heterocycles. The Morgan fingerprint density at radius 2 is 1.66 bits per heavy atom. The minimum absolute atomic E-state index is 0.0290. The number of ether oxygens (including phenoxy) is 3. The Kier molecular flexibility index (Phi) is 11.6. The normalized spacial score (nSPS) is 12.1. The number of halogens is 3. The predicted octanol–water partition coefficient (Wildman–Crippen LogP) is 6.38. The molecular weight excluding hydrogens is 463 g/mol. The van der Waals surface area contributed by atoms with Crippen molar-refractivity contribution in [2.75, 3.05) is 31.7 Å². The fourth-order valence-electron chi connectivity index (χ4n) is 3.33. The highest BCUT2D eigenvalue weighted by Crippen LogP contribution is 2.32. The molecule has 2 aromatic carbocycles. The lowest BCUT2D eigenvalue weighted by Crippen LogP contribution is -2.20. The zero-order valence-corrected chi connectivity index (χ0v) is 20.0. The first-order chi connectivity index (χ1) is 16.8. The number of alkyl halides is 3. The second kappa shape index (κ2) is 14.4. The molecule has 6 nitrogen and oxygen atoms in total. The van der Waals surface area contributed by atoms with Crippen LogP contribution in [-0.4, -0.2) is 38.4 Å². The van der Waals surface area contributed by atoms with E-state index in [1.54, 1.807) is 18.2 Å². The lowest BCUT2D eigenvalue weighted by molar-refractivity contribution is -0.150. The number of nitrogens with one attached hydrogen (secondary N) is 1. The van der Waals surface area contributed by atoms with Crippen LogP contribution in [0.4, 0.5) is 24.5 Å². The van der Waals surface area contributed by atoms with Gasteiger partial charge in [-0.3, -0.25) is 4.79 Å². The molecule has 0 aliphatic heterocycles. The highest BCUT2D eigenvalue weighted by molar-refractivity contribution is 5.96. The summed E-state index contributed by atoms with van der Waals surface area (Å²) in [5, 5.41) is 2.84. The monoisotopic (exact) mass is 495 g/mol. The van der Waals surface area contributed by atoms with Crippen LogP contribution >= 0.6 is 0 Å². The second-order valence-electron chi connectivity index (χ2n) is 7.91. The zero-order valence-electron chi connectivity index (χ0n) is 20.0. The van der Waals surface area contributed by atoms with Crippen LogP contribution in [0, 0.1) is 5.92 Å². The van der Waals surface area contributed by atoms with Crippen LogP contribution in [0.3, 0.4) is 0 Å². The minimum atomic E-state index is -4.47. The first-order valence-electron chi connectivity index (χ1n) is 11.7. The summed E-state index contributed by atoms with van der Waals surface area (Å²) >= 11 is 0. The van der Waals surface area contributed by atoms with E-state index in [-0.39, 0.29) is 49.6 Å². The maximum Gasteiger partial charge on any atom is 0.416 e. The standard InChI is InChI=1S/C26H32F3NO5/c1-3-5-9-19(4-2)24(31)34-16-14-33-15-17-35-25(32)22-12-6-7-13-23(22)30-21-11-8-10-20(18-21)26(27,28)29/h6-8,10-13,18-19,30H,3-5,9,14-17H2,1-2H3. The van der Waals surface area contributed by atoms with Gasteiger partial charge < -0.3 is 19.5 Å². The van der Waals surface area contributed by atoms with E-state index in [9.17, 15) is 22.8 Å². The van der Waals surface area contributed by atoms with Gasteiger partial charge in [-0.1, -0.05) is 44.9 Å². The maximum absolute atomic E-state index is 13.0. The van der Waals surface area contributed by atoms with Crippen molar-refractivity contribution in [3.63, 3.8) is 0 Å². The molecule has 9 heteroatoms. The van der Waals surface area contributed by atoms with Crippen LogP contribution in [0.5, 0.6) is 0 Å². The third-order valence-electron chi connectivity index (χ3n) is 5.28. The molecule has 0 fully saturated rings. The summed E-state index contributed by atoms with van der Waals surface area (Å²) in [5.74, 6) is -0.960. The predicted molar refractivity (Wildman–Crippen MR) is 127 cm³/mol. The first kappa shape index (κ1) is 28.2. The Hall–Kier alpha value is -3.07. The second-order valence-corrected chi connectivity index (χ2v) is 7.91. The highest BCUT2D eigenvalue weighted by atomic mass is 19.4. The summed E-state index contributed by atoms with van der Waals surface area (Å²) in [6.45, 7) is 4.42. The molecule has 192 valence electrons. The van der Waals surface area contributed by atoms with E-state index < -0.39 is 17.7 Å². The fourth-order valence-corrected chi connectivity index (χ4v) is 3.33. The van der Waals surface area contributed by atoms with E-state index in [0.29, 0.717) is 5.69 Å². The number of carbonyl (C=O) groups excluding carboxylic acids is 2. The molecule has 0 aliphatic rings. The van der Waals surface area contributed by atoms with Crippen molar-refractivity contribution in [3.05, 3.63) is 59.7 Å². The summed E-state index contributed by atoms with van der Waals surface area (Å²) in [7, 11) is 0. The maximum atomic E-state index is 13.0. The van der Waals surface area contributed by atoms with Crippen molar-refractivity contribution in [3.8, 4) is 0 Å². The third-order valence-corrected chi connectivity index (χ3v) is 5.28. The number of anilines is 2. The number of hydrogen-bond acceptors (Lipinski definition) is 6. The molecule has 0 aliphatic carbocycles. The molecule has 1 N–H and O–H groups in total. The minimum Gasteiger partial charge on any atom is -0.463 e. The van der Waals surface area contributed by atoms with Crippen LogP contribution in [0.1, 0.15) is 55.5 Å². The summed E-state index contributed by atoms with van der Waals surface area (Å²) in [5.41, 5.74) is -0.107. The van der Waals surface area contributed by atoms with Crippen molar-refractivity contribution >= 4 is 23.3 Å².